The van der Waals surface area contributed by atoms with Crippen LogP contribution in [-0.2, 0) is 17.6 Å². The molecule has 1 atom stereocenters. The number of anilines is 1. The maximum absolute atomic E-state index is 12.9. The van der Waals surface area contributed by atoms with Crippen LogP contribution in [-0.4, -0.2) is 47.0 Å². The van der Waals surface area contributed by atoms with Gasteiger partial charge in [0, 0.05) is 17.2 Å². The minimum absolute atomic E-state index is 0.0499. The molecule has 3 N–H and O–H groups in total. The second kappa shape index (κ2) is 8.77. The number of likely N-dealkylation sites (tertiary alicyclic amines) is 1. The van der Waals surface area contributed by atoms with E-state index in [1.165, 1.54) is 11.1 Å². The Bertz CT molecular complexity index is 983. The predicted molar refractivity (Wildman–Crippen MR) is 118 cm³/mol. The highest BCUT2D eigenvalue weighted by Gasteiger charge is 2.36. The van der Waals surface area contributed by atoms with Crippen LogP contribution in [0.25, 0.3) is 0 Å². The highest BCUT2D eigenvalue weighted by atomic mass is 16.5. The molecule has 1 aromatic heterocycles. The second-order valence-corrected chi connectivity index (χ2v) is 9.16. The molecular formula is C24H30N4O3. The third-order valence-corrected chi connectivity index (χ3v) is 6.93. The topological polar surface area (TPSA) is 94.6 Å². The Kier molecular flexibility index (Phi) is 6.07. The second-order valence-electron chi connectivity index (χ2n) is 9.16. The Balaban J connectivity index is 1.45. The summed E-state index contributed by atoms with van der Waals surface area (Å²) in [4.78, 5) is 31.2. The maximum atomic E-state index is 12.9. The van der Waals surface area contributed by atoms with Gasteiger partial charge in [-0.2, -0.15) is 0 Å². The minimum Gasteiger partial charge on any atom is -0.310 e. The first-order valence-corrected chi connectivity index (χ1v) is 10.9. The summed E-state index contributed by atoms with van der Waals surface area (Å²) < 4.78 is 0. The van der Waals surface area contributed by atoms with Gasteiger partial charge < -0.3 is 10.2 Å². The molecule has 2 aromatic rings. The lowest BCUT2D eigenvalue weighted by Gasteiger charge is -2.36. The van der Waals surface area contributed by atoms with Crippen molar-refractivity contribution in [2.45, 2.75) is 44.9 Å². The normalized spacial score (nSPS) is 20.5. The smallest absolute Gasteiger partial charge is 0.274 e. The number of hydrogen-bond donors (Lipinski definition) is 3. The molecule has 1 aromatic carbocycles. The van der Waals surface area contributed by atoms with Crippen LogP contribution in [0.3, 0.4) is 0 Å². The number of nitrogens with zero attached hydrogens (tertiary/aromatic N) is 2. The fourth-order valence-electron chi connectivity index (χ4n) is 4.62. The standard InChI is InChI=1S/C24H30N4O3/c1-24(8-11-28(2)12-9-24)23(30)26-21-15-19(7-10-25-21)17-3-4-18-14-20(22(29)27-31)6-5-16(18)13-17/h5-7,10,14-15,17,31H,3-4,8-9,11-13H2,1-2H3,(H,27,29)(H,25,26,30). The third kappa shape index (κ3) is 4.62. The molecule has 2 heterocycles. The van der Waals surface area contributed by atoms with Crippen LogP contribution < -0.4 is 10.8 Å². The van der Waals surface area contributed by atoms with E-state index in [0.29, 0.717) is 17.3 Å². The first kappa shape index (κ1) is 21.5. The molecule has 1 aliphatic heterocycles. The number of aryl methyl sites for hydroxylation is 1. The summed E-state index contributed by atoms with van der Waals surface area (Å²) in [6, 6.07) is 9.59. The zero-order valence-corrected chi connectivity index (χ0v) is 18.1. The summed E-state index contributed by atoms with van der Waals surface area (Å²) in [7, 11) is 2.09. The minimum atomic E-state index is -0.488. The zero-order chi connectivity index (χ0) is 22.0. The van der Waals surface area contributed by atoms with Crippen molar-refractivity contribution in [1.29, 1.82) is 0 Å². The van der Waals surface area contributed by atoms with E-state index in [-0.39, 0.29) is 11.3 Å². The molecule has 0 saturated carbocycles. The van der Waals surface area contributed by atoms with Crippen molar-refractivity contribution in [2.75, 3.05) is 25.5 Å². The number of rotatable bonds is 4. The Morgan fingerprint density at radius 2 is 1.94 bits per heavy atom. The van der Waals surface area contributed by atoms with Crippen molar-refractivity contribution in [1.82, 2.24) is 15.4 Å². The number of nitrogens with one attached hydrogen (secondary N) is 2. The van der Waals surface area contributed by atoms with Gasteiger partial charge >= 0.3 is 0 Å². The fraction of sp³-hybridized carbons (Fsp3) is 0.458. The van der Waals surface area contributed by atoms with E-state index in [1.807, 2.05) is 31.2 Å². The SMILES string of the molecule is CN1CCC(C)(C(=O)Nc2cc(C3CCc4cc(C(=O)NO)ccc4C3)ccn2)CC1. The van der Waals surface area contributed by atoms with Crippen molar-refractivity contribution in [3.8, 4) is 0 Å². The lowest BCUT2D eigenvalue weighted by molar-refractivity contribution is -0.127. The molecular weight excluding hydrogens is 392 g/mol. The third-order valence-electron chi connectivity index (χ3n) is 6.93. The van der Waals surface area contributed by atoms with Crippen molar-refractivity contribution in [2.24, 2.45) is 5.41 Å². The van der Waals surface area contributed by atoms with Crippen LogP contribution in [0.4, 0.5) is 5.82 Å². The number of carbonyl (C=O) groups is 2. The van der Waals surface area contributed by atoms with Crippen LogP contribution in [0.5, 0.6) is 0 Å². The number of piperidine rings is 1. The summed E-state index contributed by atoms with van der Waals surface area (Å²) in [5.74, 6) is 0.512. The van der Waals surface area contributed by atoms with Crippen molar-refractivity contribution < 1.29 is 14.8 Å². The molecule has 7 nitrogen and oxygen atoms in total. The van der Waals surface area contributed by atoms with Gasteiger partial charge in [-0.05, 0) is 99.1 Å². The van der Waals surface area contributed by atoms with Crippen LogP contribution in [0.1, 0.15) is 59.2 Å². The van der Waals surface area contributed by atoms with Gasteiger partial charge in [0.15, 0.2) is 0 Å². The molecule has 2 amide bonds. The molecule has 4 rings (SSSR count). The van der Waals surface area contributed by atoms with E-state index in [0.717, 1.165) is 50.8 Å². The van der Waals surface area contributed by atoms with E-state index in [1.54, 1.807) is 17.7 Å². The number of hydrogen-bond acceptors (Lipinski definition) is 5. The van der Waals surface area contributed by atoms with Crippen molar-refractivity contribution in [3.63, 3.8) is 0 Å². The molecule has 2 aliphatic rings. The Morgan fingerprint density at radius 3 is 2.68 bits per heavy atom. The highest BCUT2D eigenvalue weighted by molar-refractivity contribution is 5.94. The molecule has 1 fully saturated rings. The molecule has 31 heavy (non-hydrogen) atoms. The van der Waals surface area contributed by atoms with E-state index < -0.39 is 5.91 Å². The summed E-state index contributed by atoms with van der Waals surface area (Å²) >= 11 is 0. The van der Waals surface area contributed by atoms with Gasteiger partial charge in [-0.1, -0.05) is 13.0 Å². The van der Waals surface area contributed by atoms with Crippen molar-refractivity contribution >= 4 is 17.6 Å². The molecule has 164 valence electrons. The van der Waals surface area contributed by atoms with Gasteiger partial charge in [0.05, 0.1) is 0 Å². The highest BCUT2D eigenvalue weighted by Crippen LogP contribution is 2.35. The van der Waals surface area contributed by atoms with Gasteiger partial charge in [-0.3, -0.25) is 14.8 Å². The van der Waals surface area contributed by atoms with E-state index >= 15 is 0 Å². The number of pyridine rings is 1. The number of amides is 2. The number of aromatic nitrogens is 1. The molecule has 1 unspecified atom stereocenters. The molecule has 0 radical (unpaired) electrons. The monoisotopic (exact) mass is 422 g/mol. The number of benzene rings is 1. The summed E-state index contributed by atoms with van der Waals surface area (Å²) in [5, 5.41) is 11.9. The fourth-order valence-corrected chi connectivity index (χ4v) is 4.62. The predicted octanol–water partition coefficient (Wildman–Crippen LogP) is 3.14. The largest absolute Gasteiger partial charge is 0.310 e. The lowest BCUT2D eigenvalue weighted by Crippen LogP contribution is -2.43. The van der Waals surface area contributed by atoms with E-state index in [2.05, 4.69) is 22.2 Å². The molecule has 0 bridgehead atoms. The molecule has 1 aliphatic carbocycles. The Hall–Kier alpha value is -2.77. The quantitative estimate of drug-likeness (QED) is 0.520. The molecule has 1 saturated heterocycles. The first-order chi connectivity index (χ1) is 14.9. The Morgan fingerprint density at radius 1 is 1.16 bits per heavy atom. The summed E-state index contributed by atoms with van der Waals surface area (Å²) in [5.41, 5.74) is 5.34. The summed E-state index contributed by atoms with van der Waals surface area (Å²) in [6.07, 6.45) is 6.17. The molecule has 0 spiro atoms. The number of carbonyl (C=O) groups excluding carboxylic acids is 2. The van der Waals surface area contributed by atoms with Crippen LogP contribution >= 0.6 is 0 Å². The van der Waals surface area contributed by atoms with Crippen LogP contribution in [0.15, 0.2) is 36.5 Å². The van der Waals surface area contributed by atoms with Crippen LogP contribution in [0.2, 0.25) is 0 Å². The van der Waals surface area contributed by atoms with E-state index in [9.17, 15) is 9.59 Å². The number of fused-ring (bicyclic) bond motifs is 1. The van der Waals surface area contributed by atoms with Gasteiger partial charge in [-0.25, -0.2) is 10.5 Å². The van der Waals surface area contributed by atoms with E-state index in [4.69, 9.17) is 5.21 Å². The average Bonchev–Trinajstić information content (AvgIpc) is 2.80. The number of hydroxylamine groups is 1. The van der Waals surface area contributed by atoms with Gasteiger partial charge in [0.25, 0.3) is 5.91 Å². The van der Waals surface area contributed by atoms with Gasteiger partial charge in [0.1, 0.15) is 5.82 Å². The lowest BCUT2D eigenvalue weighted by atomic mass is 9.79. The average molecular weight is 423 g/mol. The van der Waals surface area contributed by atoms with Crippen molar-refractivity contribution in [3.05, 3.63) is 58.8 Å². The molecule has 7 heteroatoms. The van der Waals surface area contributed by atoms with Gasteiger partial charge in [0.2, 0.25) is 5.91 Å². The first-order valence-electron chi connectivity index (χ1n) is 10.9. The maximum Gasteiger partial charge on any atom is 0.274 e. The van der Waals surface area contributed by atoms with Crippen LogP contribution in [0, 0.1) is 5.41 Å². The zero-order valence-electron chi connectivity index (χ0n) is 18.1. The summed E-state index contributed by atoms with van der Waals surface area (Å²) in [6.45, 7) is 3.91. The van der Waals surface area contributed by atoms with Gasteiger partial charge in [-0.15, -0.1) is 0 Å². The Labute approximate surface area is 182 Å².